The molecule has 9 aromatic rings. The molecule has 3 heteroatoms. The summed E-state index contributed by atoms with van der Waals surface area (Å²) in [4.78, 5) is 14.9. The third-order valence-corrected chi connectivity index (χ3v) is 9.31. The second-order valence-corrected chi connectivity index (χ2v) is 12.5. The number of benzene rings is 8. The van der Waals surface area contributed by atoms with E-state index in [2.05, 4.69) is 152 Å². The minimum Gasteiger partial charge on any atom is -0.208 e. The average molecular weight is 638 g/mol. The van der Waals surface area contributed by atoms with Gasteiger partial charge in [0.25, 0.3) is 0 Å². The second kappa shape index (κ2) is 12.7. The van der Waals surface area contributed by atoms with Crippen molar-refractivity contribution in [2.45, 2.75) is 0 Å². The molecule has 0 saturated carbocycles. The van der Waals surface area contributed by atoms with E-state index in [0.29, 0.717) is 17.5 Å². The van der Waals surface area contributed by atoms with Crippen LogP contribution in [0.5, 0.6) is 0 Å². The van der Waals surface area contributed by atoms with Gasteiger partial charge in [0.2, 0.25) is 0 Å². The molecule has 0 N–H and O–H groups in total. The van der Waals surface area contributed by atoms with Gasteiger partial charge in [0, 0.05) is 16.7 Å². The number of aromatic nitrogens is 3. The maximum atomic E-state index is 5.02. The smallest absolute Gasteiger partial charge is 0.164 e. The predicted octanol–water partition coefficient (Wildman–Crippen LogP) is 12.2. The molecule has 50 heavy (non-hydrogen) atoms. The van der Waals surface area contributed by atoms with E-state index >= 15 is 0 Å². The first-order valence-corrected chi connectivity index (χ1v) is 16.9. The molecular formula is C47H31N3. The molecule has 3 nitrogen and oxygen atoms in total. The van der Waals surface area contributed by atoms with Crippen molar-refractivity contribution in [3.8, 4) is 67.5 Å². The molecule has 0 fully saturated rings. The number of rotatable bonds is 6. The van der Waals surface area contributed by atoms with E-state index in [4.69, 9.17) is 15.0 Å². The Labute approximate surface area is 291 Å². The molecule has 0 spiro atoms. The van der Waals surface area contributed by atoms with E-state index in [-0.39, 0.29) is 0 Å². The Morgan fingerprint density at radius 2 is 0.560 bits per heavy atom. The molecule has 1 aromatic heterocycles. The fourth-order valence-corrected chi connectivity index (χ4v) is 6.69. The Morgan fingerprint density at radius 1 is 0.220 bits per heavy atom. The standard InChI is InChI=1S/C47H31N3/c1-3-11-32(12-4-1)34-19-22-36(23-20-34)46-48-45(35-14-5-2-6-15-35)49-47(50-46)42-28-25-38-30-41(27-24-39(38)31-42)44-18-10-9-17-43(44)40-26-21-33-13-7-8-16-37(33)29-40/h1-31H. The molecule has 234 valence electrons. The van der Waals surface area contributed by atoms with Crippen molar-refractivity contribution in [3.05, 3.63) is 188 Å². The molecule has 0 unspecified atom stereocenters. The van der Waals surface area contributed by atoms with Crippen molar-refractivity contribution in [1.82, 2.24) is 15.0 Å². The molecule has 0 amide bonds. The third kappa shape index (κ3) is 5.72. The Hall–Kier alpha value is -6.71. The first-order valence-electron chi connectivity index (χ1n) is 16.9. The van der Waals surface area contributed by atoms with Gasteiger partial charge in [-0.05, 0) is 73.1 Å². The third-order valence-electron chi connectivity index (χ3n) is 9.31. The summed E-state index contributed by atoms with van der Waals surface area (Å²) in [5.41, 5.74) is 10.0. The van der Waals surface area contributed by atoms with Crippen LogP contribution >= 0.6 is 0 Å². The van der Waals surface area contributed by atoms with Gasteiger partial charge in [0.05, 0.1) is 0 Å². The van der Waals surface area contributed by atoms with Crippen molar-refractivity contribution < 1.29 is 0 Å². The van der Waals surface area contributed by atoms with Crippen LogP contribution in [-0.4, -0.2) is 15.0 Å². The largest absolute Gasteiger partial charge is 0.208 e. The van der Waals surface area contributed by atoms with Gasteiger partial charge in [0.1, 0.15) is 0 Å². The van der Waals surface area contributed by atoms with Gasteiger partial charge in [-0.25, -0.2) is 15.0 Å². The number of nitrogens with zero attached hydrogens (tertiary/aromatic N) is 3. The summed E-state index contributed by atoms with van der Waals surface area (Å²) in [6.45, 7) is 0. The van der Waals surface area contributed by atoms with Gasteiger partial charge in [-0.1, -0.05) is 170 Å². The number of hydrogen-bond acceptors (Lipinski definition) is 3. The molecule has 0 saturated heterocycles. The van der Waals surface area contributed by atoms with Gasteiger partial charge in [0.15, 0.2) is 17.5 Å². The highest BCUT2D eigenvalue weighted by Gasteiger charge is 2.14. The molecule has 1 heterocycles. The topological polar surface area (TPSA) is 38.7 Å². The summed E-state index contributed by atoms with van der Waals surface area (Å²) in [6.07, 6.45) is 0. The lowest BCUT2D eigenvalue weighted by Crippen LogP contribution is -2.00. The van der Waals surface area contributed by atoms with Gasteiger partial charge in [-0.3, -0.25) is 0 Å². The summed E-state index contributed by atoms with van der Waals surface area (Å²) in [5.74, 6) is 1.95. The highest BCUT2D eigenvalue weighted by Crippen LogP contribution is 2.36. The quantitative estimate of drug-likeness (QED) is 0.182. The van der Waals surface area contributed by atoms with Crippen LogP contribution in [0, 0.1) is 0 Å². The van der Waals surface area contributed by atoms with Gasteiger partial charge >= 0.3 is 0 Å². The zero-order chi connectivity index (χ0) is 33.3. The number of fused-ring (bicyclic) bond motifs is 2. The maximum absolute atomic E-state index is 5.02. The molecule has 0 aliphatic rings. The van der Waals surface area contributed by atoms with Crippen molar-refractivity contribution in [2.75, 3.05) is 0 Å². The van der Waals surface area contributed by atoms with Crippen LogP contribution in [0.1, 0.15) is 0 Å². The van der Waals surface area contributed by atoms with Crippen LogP contribution < -0.4 is 0 Å². The van der Waals surface area contributed by atoms with Crippen molar-refractivity contribution in [1.29, 1.82) is 0 Å². The molecule has 0 radical (unpaired) electrons. The van der Waals surface area contributed by atoms with E-state index in [1.54, 1.807) is 0 Å². The molecule has 8 aromatic carbocycles. The fraction of sp³-hybridized carbons (Fsp3) is 0. The van der Waals surface area contributed by atoms with Crippen LogP contribution in [0.3, 0.4) is 0 Å². The lowest BCUT2D eigenvalue weighted by atomic mass is 9.92. The molecule has 0 aliphatic heterocycles. The van der Waals surface area contributed by atoms with E-state index in [9.17, 15) is 0 Å². The summed E-state index contributed by atoms with van der Waals surface area (Å²) >= 11 is 0. The molecule has 0 aliphatic carbocycles. The molecular weight excluding hydrogens is 607 g/mol. The van der Waals surface area contributed by atoms with Crippen LogP contribution in [0.25, 0.3) is 89.1 Å². The highest BCUT2D eigenvalue weighted by molar-refractivity contribution is 5.95. The minimum atomic E-state index is 0.647. The monoisotopic (exact) mass is 637 g/mol. The highest BCUT2D eigenvalue weighted by atomic mass is 15.0. The van der Waals surface area contributed by atoms with Gasteiger partial charge in [-0.15, -0.1) is 0 Å². The summed E-state index contributed by atoms with van der Waals surface area (Å²) in [7, 11) is 0. The first kappa shape index (κ1) is 29.4. The Morgan fingerprint density at radius 3 is 1.16 bits per heavy atom. The minimum absolute atomic E-state index is 0.647. The number of hydrogen-bond donors (Lipinski definition) is 0. The van der Waals surface area contributed by atoms with Crippen molar-refractivity contribution in [3.63, 3.8) is 0 Å². The zero-order valence-electron chi connectivity index (χ0n) is 27.2. The summed E-state index contributed by atoms with van der Waals surface area (Å²) in [6, 6.07) is 66.0. The Bertz CT molecular complexity index is 2630. The van der Waals surface area contributed by atoms with Gasteiger partial charge in [-0.2, -0.15) is 0 Å². The zero-order valence-corrected chi connectivity index (χ0v) is 27.2. The summed E-state index contributed by atoms with van der Waals surface area (Å²) < 4.78 is 0. The maximum Gasteiger partial charge on any atom is 0.164 e. The predicted molar refractivity (Wildman–Crippen MR) is 207 cm³/mol. The second-order valence-electron chi connectivity index (χ2n) is 12.5. The lowest BCUT2D eigenvalue weighted by Gasteiger charge is -2.13. The molecule has 0 bridgehead atoms. The van der Waals surface area contributed by atoms with E-state index in [1.807, 2.05) is 36.4 Å². The fourth-order valence-electron chi connectivity index (χ4n) is 6.69. The van der Waals surface area contributed by atoms with E-state index in [1.165, 1.54) is 38.6 Å². The van der Waals surface area contributed by atoms with Crippen LogP contribution in [0.2, 0.25) is 0 Å². The van der Waals surface area contributed by atoms with E-state index in [0.717, 1.165) is 33.0 Å². The SMILES string of the molecule is c1ccc(-c2ccc(-c3nc(-c4ccccc4)nc(-c4ccc5cc(-c6ccccc6-c6ccc7ccccc7c6)ccc5c4)n3)cc2)cc1. The van der Waals surface area contributed by atoms with E-state index < -0.39 is 0 Å². The first-order chi connectivity index (χ1) is 24.7. The van der Waals surface area contributed by atoms with Crippen LogP contribution in [0.15, 0.2) is 188 Å². The molecule has 0 atom stereocenters. The average Bonchev–Trinajstić information content (AvgIpc) is 3.21. The normalized spacial score (nSPS) is 11.2. The Kier molecular flexibility index (Phi) is 7.49. The summed E-state index contributed by atoms with van der Waals surface area (Å²) in [5, 5.41) is 4.78. The van der Waals surface area contributed by atoms with Gasteiger partial charge < -0.3 is 0 Å². The van der Waals surface area contributed by atoms with Crippen molar-refractivity contribution in [2.24, 2.45) is 0 Å². The van der Waals surface area contributed by atoms with Crippen LogP contribution in [0.4, 0.5) is 0 Å². The van der Waals surface area contributed by atoms with Crippen LogP contribution in [-0.2, 0) is 0 Å². The lowest BCUT2D eigenvalue weighted by molar-refractivity contribution is 1.07. The molecule has 9 rings (SSSR count). The Balaban J connectivity index is 1.09. The van der Waals surface area contributed by atoms with Crippen molar-refractivity contribution >= 4 is 21.5 Å².